The minimum Gasteiger partial charge on any atom is -0.506 e. The first-order valence-corrected chi connectivity index (χ1v) is 8.73. The number of fused-ring (bicyclic) bond motifs is 1. The zero-order valence-corrected chi connectivity index (χ0v) is 15.5. The van der Waals surface area contributed by atoms with Gasteiger partial charge in [0.05, 0.1) is 29.4 Å². The molecule has 10 heteroatoms. The van der Waals surface area contributed by atoms with Crippen LogP contribution >= 0.6 is 0 Å². The van der Waals surface area contributed by atoms with Crippen molar-refractivity contribution in [3.8, 4) is 11.8 Å². The Hall–Kier alpha value is -3.74. The standard InChI is InChI=1S/C19H16F2N6O2/c1-26-8-23-16-13(26)6-15(24-18(16)25-19(29)10-5-11(10)20)27(2)17-12(21)3-9(7-22)4-14(17)28/h3-4,6,8,10-11,28H,5H2,1-2H3,(H,24,25,29)/t10-,11+/m0/s1. The number of hydrogen-bond acceptors (Lipinski definition) is 6. The van der Waals surface area contributed by atoms with Gasteiger partial charge in [-0.05, 0) is 12.5 Å². The van der Waals surface area contributed by atoms with Crippen LogP contribution in [0.2, 0.25) is 0 Å². The Labute approximate surface area is 164 Å². The van der Waals surface area contributed by atoms with E-state index in [2.05, 4.69) is 15.3 Å². The summed E-state index contributed by atoms with van der Waals surface area (Å²) in [6.07, 6.45) is 0.534. The number of halogens is 2. The van der Waals surface area contributed by atoms with Gasteiger partial charge in [-0.3, -0.25) is 4.79 Å². The number of pyridine rings is 1. The highest BCUT2D eigenvalue weighted by Crippen LogP contribution is 2.38. The molecule has 1 aliphatic rings. The SMILES string of the molecule is CN(c1cc2c(ncn2C)c(NC(=O)[C@H]2C[C@H]2F)n1)c1c(O)cc(C#N)cc1F. The predicted molar refractivity (Wildman–Crippen MR) is 101 cm³/mol. The number of amides is 1. The van der Waals surface area contributed by atoms with Crippen molar-refractivity contribution in [1.29, 1.82) is 5.26 Å². The monoisotopic (exact) mass is 398 g/mol. The van der Waals surface area contributed by atoms with E-state index in [1.807, 2.05) is 0 Å². The molecule has 8 nitrogen and oxygen atoms in total. The molecule has 1 aliphatic carbocycles. The first-order valence-electron chi connectivity index (χ1n) is 8.73. The molecule has 2 atom stereocenters. The molecular formula is C19H16F2N6O2. The van der Waals surface area contributed by atoms with Crippen molar-refractivity contribution in [1.82, 2.24) is 14.5 Å². The summed E-state index contributed by atoms with van der Waals surface area (Å²) < 4.78 is 29.4. The molecule has 1 amide bonds. The van der Waals surface area contributed by atoms with Gasteiger partial charge in [-0.25, -0.2) is 18.7 Å². The molecule has 2 heterocycles. The quantitative estimate of drug-likeness (QED) is 0.700. The lowest BCUT2D eigenvalue weighted by atomic mass is 10.1. The van der Waals surface area contributed by atoms with E-state index in [0.717, 1.165) is 12.1 Å². The lowest BCUT2D eigenvalue weighted by Gasteiger charge is -2.21. The number of aryl methyl sites for hydroxylation is 1. The fourth-order valence-corrected chi connectivity index (χ4v) is 3.11. The Morgan fingerprint density at radius 2 is 2.17 bits per heavy atom. The van der Waals surface area contributed by atoms with Crippen molar-refractivity contribution < 1.29 is 18.7 Å². The van der Waals surface area contributed by atoms with Crippen LogP contribution in [0.1, 0.15) is 12.0 Å². The number of benzene rings is 1. The zero-order valence-electron chi connectivity index (χ0n) is 15.5. The Kier molecular flexibility index (Phi) is 4.30. The van der Waals surface area contributed by atoms with Gasteiger partial charge in [0, 0.05) is 26.2 Å². The van der Waals surface area contributed by atoms with E-state index in [1.54, 1.807) is 23.8 Å². The number of rotatable bonds is 4. The van der Waals surface area contributed by atoms with Crippen LogP contribution in [0.5, 0.6) is 5.75 Å². The van der Waals surface area contributed by atoms with Gasteiger partial charge in [-0.15, -0.1) is 0 Å². The number of alkyl halides is 1. The number of aromatic nitrogens is 3. The van der Waals surface area contributed by atoms with Gasteiger partial charge in [0.1, 0.15) is 28.9 Å². The van der Waals surface area contributed by atoms with Crippen LogP contribution in [0.15, 0.2) is 24.5 Å². The second kappa shape index (κ2) is 6.70. The van der Waals surface area contributed by atoms with E-state index >= 15 is 0 Å². The average molecular weight is 398 g/mol. The van der Waals surface area contributed by atoms with Gasteiger partial charge < -0.3 is 19.9 Å². The van der Waals surface area contributed by atoms with Gasteiger partial charge in [-0.2, -0.15) is 5.26 Å². The molecule has 0 spiro atoms. The Morgan fingerprint density at radius 3 is 2.79 bits per heavy atom. The summed E-state index contributed by atoms with van der Waals surface area (Å²) in [5, 5.41) is 21.7. The molecule has 0 aliphatic heterocycles. The van der Waals surface area contributed by atoms with Crippen molar-refractivity contribution in [2.75, 3.05) is 17.3 Å². The number of imidazole rings is 1. The molecule has 148 valence electrons. The number of aromatic hydroxyl groups is 1. The molecule has 3 aromatic rings. The lowest BCUT2D eigenvalue weighted by Crippen LogP contribution is -2.18. The van der Waals surface area contributed by atoms with Crippen LogP contribution in [-0.4, -0.2) is 38.8 Å². The third-order valence-electron chi connectivity index (χ3n) is 4.84. The van der Waals surface area contributed by atoms with Gasteiger partial charge >= 0.3 is 0 Å². The number of hydrogen-bond donors (Lipinski definition) is 2. The van der Waals surface area contributed by atoms with Crippen molar-refractivity contribution >= 4 is 34.3 Å². The van der Waals surface area contributed by atoms with Crippen molar-refractivity contribution in [3.05, 3.63) is 35.9 Å². The van der Waals surface area contributed by atoms with Gasteiger partial charge in [0.15, 0.2) is 11.6 Å². The lowest BCUT2D eigenvalue weighted by molar-refractivity contribution is -0.117. The molecule has 1 aromatic carbocycles. The predicted octanol–water partition coefficient (Wildman–Crippen LogP) is 2.75. The molecule has 4 rings (SSSR count). The van der Waals surface area contributed by atoms with Crippen LogP contribution in [0.3, 0.4) is 0 Å². The van der Waals surface area contributed by atoms with E-state index in [0.29, 0.717) is 11.0 Å². The molecule has 1 fully saturated rings. The van der Waals surface area contributed by atoms with Crippen molar-refractivity contribution in [3.63, 3.8) is 0 Å². The highest BCUT2D eigenvalue weighted by atomic mass is 19.1. The number of anilines is 3. The van der Waals surface area contributed by atoms with E-state index in [4.69, 9.17) is 5.26 Å². The van der Waals surface area contributed by atoms with Crippen LogP contribution in [0.4, 0.5) is 26.1 Å². The molecule has 0 saturated heterocycles. The largest absolute Gasteiger partial charge is 0.506 e. The number of nitrogens with zero attached hydrogens (tertiary/aromatic N) is 5. The minimum atomic E-state index is -1.16. The second-order valence-corrected chi connectivity index (χ2v) is 6.90. The van der Waals surface area contributed by atoms with E-state index in [9.17, 15) is 18.7 Å². The summed E-state index contributed by atoms with van der Waals surface area (Å²) in [6.45, 7) is 0. The Balaban J connectivity index is 1.79. The van der Waals surface area contributed by atoms with E-state index < -0.39 is 29.6 Å². The molecule has 29 heavy (non-hydrogen) atoms. The maximum absolute atomic E-state index is 14.5. The summed E-state index contributed by atoms with van der Waals surface area (Å²) in [5.41, 5.74) is 0.795. The number of carbonyl (C=O) groups excluding carboxylic acids is 1. The number of carbonyl (C=O) groups is 1. The second-order valence-electron chi connectivity index (χ2n) is 6.90. The highest BCUT2D eigenvalue weighted by Gasteiger charge is 2.44. The van der Waals surface area contributed by atoms with Crippen molar-refractivity contribution in [2.45, 2.75) is 12.6 Å². The van der Waals surface area contributed by atoms with Gasteiger partial charge in [-0.1, -0.05) is 0 Å². The van der Waals surface area contributed by atoms with Crippen molar-refractivity contribution in [2.24, 2.45) is 13.0 Å². The Bertz CT molecular complexity index is 1160. The summed E-state index contributed by atoms with van der Waals surface area (Å²) in [6, 6.07) is 5.54. The first kappa shape index (κ1) is 18.6. The normalized spacial score (nSPS) is 17.8. The highest BCUT2D eigenvalue weighted by molar-refractivity contribution is 6.01. The maximum Gasteiger partial charge on any atom is 0.231 e. The fraction of sp³-hybridized carbons (Fsp3) is 0.263. The summed E-state index contributed by atoms with van der Waals surface area (Å²) in [7, 11) is 3.22. The number of nitrogens with one attached hydrogen (secondary N) is 1. The summed E-state index contributed by atoms with van der Waals surface area (Å²) in [4.78, 5) is 22.0. The molecular weight excluding hydrogens is 382 g/mol. The van der Waals surface area contributed by atoms with E-state index in [1.165, 1.54) is 18.3 Å². The molecule has 1 saturated carbocycles. The third-order valence-corrected chi connectivity index (χ3v) is 4.84. The summed E-state index contributed by atoms with van der Waals surface area (Å²) in [5.74, 6) is -2.12. The molecule has 2 aromatic heterocycles. The maximum atomic E-state index is 14.5. The van der Waals surface area contributed by atoms with Crippen LogP contribution in [-0.2, 0) is 11.8 Å². The van der Waals surface area contributed by atoms with Crippen LogP contribution < -0.4 is 10.2 Å². The number of nitriles is 1. The molecule has 0 radical (unpaired) electrons. The van der Waals surface area contributed by atoms with Gasteiger partial charge in [0.2, 0.25) is 5.91 Å². The minimum absolute atomic E-state index is 0.0228. The molecule has 0 bridgehead atoms. The van der Waals surface area contributed by atoms with E-state index in [-0.39, 0.29) is 29.3 Å². The van der Waals surface area contributed by atoms with Crippen LogP contribution in [0, 0.1) is 23.1 Å². The molecule has 0 unspecified atom stereocenters. The zero-order chi connectivity index (χ0) is 20.9. The van der Waals surface area contributed by atoms with Gasteiger partial charge in [0.25, 0.3) is 0 Å². The smallest absolute Gasteiger partial charge is 0.231 e. The molecule has 2 N–H and O–H groups in total. The first-order chi connectivity index (χ1) is 13.8. The topological polar surface area (TPSA) is 107 Å². The summed E-state index contributed by atoms with van der Waals surface area (Å²) >= 11 is 0. The third kappa shape index (κ3) is 3.20. The average Bonchev–Trinajstić information content (AvgIpc) is 3.30. The number of phenolic OH excluding ortho intramolecular Hbond substituents is 1. The fourth-order valence-electron chi connectivity index (χ4n) is 3.11. The number of phenols is 1. The van der Waals surface area contributed by atoms with Crippen LogP contribution in [0.25, 0.3) is 11.0 Å². The Morgan fingerprint density at radius 1 is 1.45 bits per heavy atom.